The summed E-state index contributed by atoms with van der Waals surface area (Å²) in [5, 5.41) is 9.34. The lowest BCUT2D eigenvalue weighted by molar-refractivity contribution is -0.148. The summed E-state index contributed by atoms with van der Waals surface area (Å²) in [5.74, 6) is -1.93. The molecule has 0 aromatic heterocycles. The van der Waals surface area contributed by atoms with E-state index < -0.39 is 27.8 Å². The van der Waals surface area contributed by atoms with E-state index in [0.717, 1.165) is 0 Å². The van der Waals surface area contributed by atoms with E-state index in [1.54, 1.807) is 0 Å². The number of carbonyl (C=O) groups is 1. The van der Waals surface area contributed by atoms with E-state index >= 15 is 0 Å². The fourth-order valence-electron chi connectivity index (χ4n) is 1.35. The summed E-state index contributed by atoms with van der Waals surface area (Å²) in [6, 6.07) is 0. The fraction of sp³-hybridized carbons (Fsp3) is 0.857. The second kappa shape index (κ2) is 3.63. The molecule has 5 nitrogen and oxygen atoms in total. The Labute approximate surface area is 76.6 Å². The Morgan fingerprint density at radius 1 is 1.54 bits per heavy atom. The smallest absolute Gasteiger partial charge is 0.312 e. The van der Waals surface area contributed by atoms with Crippen molar-refractivity contribution >= 4 is 15.8 Å². The number of hydrogen-bond donors (Lipinski definition) is 1. The van der Waals surface area contributed by atoms with Gasteiger partial charge >= 0.3 is 5.97 Å². The molecule has 1 heterocycles. The van der Waals surface area contributed by atoms with Crippen molar-refractivity contribution in [1.29, 1.82) is 0 Å². The highest BCUT2D eigenvalue weighted by molar-refractivity contribution is 7.91. The third-order valence-electron chi connectivity index (χ3n) is 2.13. The molecule has 0 saturated carbocycles. The van der Waals surface area contributed by atoms with Gasteiger partial charge in [-0.25, -0.2) is 8.42 Å². The van der Waals surface area contributed by atoms with E-state index in [9.17, 15) is 18.3 Å². The Kier molecular flexibility index (Phi) is 2.92. The number of esters is 1. The molecule has 1 aliphatic heterocycles. The average molecular weight is 208 g/mol. The van der Waals surface area contributed by atoms with Gasteiger partial charge in [0.1, 0.15) is 0 Å². The van der Waals surface area contributed by atoms with Crippen molar-refractivity contribution in [2.75, 3.05) is 18.6 Å². The van der Waals surface area contributed by atoms with Gasteiger partial charge in [0, 0.05) is 0 Å². The maximum atomic E-state index is 11.1. The lowest BCUT2D eigenvalue weighted by Crippen LogP contribution is -2.41. The second-order valence-electron chi connectivity index (χ2n) is 3.10. The minimum Gasteiger partial charge on any atom is -0.469 e. The SMILES string of the molecule is COC(=O)[C@H]1CS(=O)(=O)CC[C@@H]1O. The van der Waals surface area contributed by atoms with Crippen LogP contribution in [0.15, 0.2) is 0 Å². The topological polar surface area (TPSA) is 80.7 Å². The Morgan fingerprint density at radius 3 is 2.69 bits per heavy atom. The first-order valence-electron chi connectivity index (χ1n) is 3.92. The lowest BCUT2D eigenvalue weighted by Gasteiger charge is -2.24. The number of methoxy groups -OCH3 is 1. The first kappa shape index (κ1) is 10.5. The predicted molar refractivity (Wildman–Crippen MR) is 44.8 cm³/mol. The zero-order chi connectivity index (χ0) is 10.1. The maximum Gasteiger partial charge on any atom is 0.312 e. The number of sulfone groups is 1. The van der Waals surface area contributed by atoms with E-state index in [4.69, 9.17) is 0 Å². The molecule has 6 heteroatoms. The van der Waals surface area contributed by atoms with Crippen LogP contribution in [0.2, 0.25) is 0 Å². The normalized spacial score (nSPS) is 32.5. The molecule has 0 bridgehead atoms. The van der Waals surface area contributed by atoms with Crippen molar-refractivity contribution in [1.82, 2.24) is 0 Å². The molecular weight excluding hydrogens is 196 g/mol. The summed E-state index contributed by atoms with van der Waals surface area (Å²) in [5.41, 5.74) is 0. The van der Waals surface area contributed by atoms with Crippen molar-refractivity contribution < 1.29 is 23.1 Å². The minimum absolute atomic E-state index is 0.0539. The molecule has 0 aromatic rings. The van der Waals surface area contributed by atoms with Gasteiger partial charge in [-0.1, -0.05) is 0 Å². The molecule has 13 heavy (non-hydrogen) atoms. The van der Waals surface area contributed by atoms with E-state index in [-0.39, 0.29) is 17.9 Å². The molecule has 1 aliphatic rings. The molecule has 76 valence electrons. The number of aliphatic hydroxyl groups is 1. The van der Waals surface area contributed by atoms with Gasteiger partial charge in [-0.3, -0.25) is 4.79 Å². The highest BCUT2D eigenvalue weighted by Crippen LogP contribution is 2.19. The van der Waals surface area contributed by atoms with Crippen molar-refractivity contribution in [3.63, 3.8) is 0 Å². The molecule has 1 saturated heterocycles. The number of aliphatic hydroxyl groups excluding tert-OH is 1. The van der Waals surface area contributed by atoms with Crippen LogP contribution < -0.4 is 0 Å². The zero-order valence-corrected chi connectivity index (χ0v) is 8.08. The standard InChI is InChI=1S/C7H12O5S/c1-12-7(9)5-4-13(10,11)3-2-6(5)8/h5-6,8H,2-4H2,1H3/t5-,6-/m0/s1. The third kappa shape index (κ3) is 2.41. The Balaban J connectivity index is 2.77. The van der Waals surface area contributed by atoms with Gasteiger partial charge in [0.15, 0.2) is 9.84 Å². The van der Waals surface area contributed by atoms with Crippen molar-refractivity contribution in [3.8, 4) is 0 Å². The van der Waals surface area contributed by atoms with Crippen LogP contribution in [0.4, 0.5) is 0 Å². The largest absolute Gasteiger partial charge is 0.469 e. The number of carbonyl (C=O) groups excluding carboxylic acids is 1. The molecule has 1 rings (SSSR count). The number of ether oxygens (including phenoxy) is 1. The van der Waals surface area contributed by atoms with E-state index in [0.29, 0.717) is 0 Å². The molecule has 2 atom stereocenters. The molecular formula is C7H12O5S. The minimum atomic E-state index is -3.18. The average Bonchev–Trinajstić information content (AvgIpc) is 2.08. The van der Waals surface area contributed by atoms with Crippen LogP contribution in [0.25, 0.3) is 0 Å². The van der Waals surface area contributed by atoms with E-state index in [1.165, 1.54) is 7.11 Å². The number of hydrogen-bond acceptors (Lipinski definition) is 5. The molecule has 0 amide bonds. The Hall–Kier alpha value is -0.620. The zero-order valence-electron chi connectivity index (χ0n) is 7.26. The van der Waals surface area contributed by atoms with Crippen LogP contribution in [0.3, 0.4) is 0 Å². The lowest BCUT2D eigenvalue weighted by atomic mass is 10.0. The Morgan fingerprint density at radius 2 is 2.15 bits per heavy atom. The maximum absolute atomic E-state index is 11.1. The van der Waals surface area contributed by atoms with Crippen LogP contribution >= 0.6 is 0 Å². The van der Waals surface area contributed by atoms with Gasteiger partial charge in [0.05, 0.1) is 30.6 Å². The van der Waals surface area contributed by atoms with E-state index in [1.807, 2.05) is 0 Å². The van der Waals surface area contributed by atoms with E-state index in [2.05, 4.69) is 4.74 Å². The first-order chi connectivity index (χ1) is 5.96. The van der Waals surface area contributed by atoms with Crippen LogP contribution in [0.1, 0.15) is 6.42 Å². The van der Waals surface area contributed by atoms with Crippen molar-refractivity contribution in [3.05, 3.63) is 0 Å². The molecule has 0 unspecified atom stereocenters. The monoisotopic (exact) mass is 208 g/mol. The summed E-state index contributed by atoms with van der Waals surface area (Å²) in [4.78, 5) is 11.0. The number of rotatable bonds is 1. The predicted octanol–water partition coefficient (Wildman–Crippen LogP) is -1.04. The molecule has 0 radical (unpaired) electrons. The fourth-order valence-corrected chi connectivity index (χ4v) is 3.02. The molecule has 1 N–H and O–H groups in total. The van der Waals surface area contributed by atoms with Crippen LogP contribution in [-0.2, 0) is 19.4 Å². The molecule has 1 fully saturated rings. The highest BCUT2D eigenvalue weighted by Gasteiger charge is 2.37. The van der Waals surface area contributed by atoms with Crippen molar-refractivity contribution in [2.45, 2.75) is 12.5 Å². The Bertz CT molecular complexity index is 294. The van der Waals surface area contributed by atoms with Gasteiger partial charge in [-0.05, 0) is 6.42 Å². The van der Waals surface area contributed by atoms with Gasteiger partial charge in [-0.15, -0.1) is 0 Å². The summed E-state index contributed by atoms with van der Waals surface area (Å²) < 4.78 is 26.6. The van der Waals surface area contributed by atoms with Crippen molar-refractivity contribution in [2.24, 2.45) is 5.92 Å². The van der Waals surface area contributed by atoms with Gasteiger partial charge in [-0.2, -0.15) is 0 Å². The van der Waals surface area contributed by atoms with Crippen LogP contribution in [0, 0.1) is 5.92 Å². The van der Waals surface area contributed by atoms with Gasteiger partial charge in [0.25, 0.3) is 0 Å². The summed E-state index contributed by atoms with van der Waals surface area (Å²) in [7, 11) is -2.00. The summed E-state index contributed by atoms with van der Waals surface area (Å²) in [6.45, 7) is 0. The summed E-state index contributed by atoms with van der Waals surface area (Å²) >= 11 is 0. The summed E-state index contributed by atoms with van der Waals surface area (Å²) in [6.07, 6.45) is -0.779. The second-order valence-corrected chi connectivity index (χ2v) is 5.33. The third-order valence-corrected chi connectivity index (χ3v) is 3.85. The van der Waals surface area contributed by atoms with Gasteiger partial charge < -0.3 is 9.84 Å². The van der Waals surface area contributed by atoms with Crippen LogP contribution in [-0.4, -0.2) is 44.2 Å². The highest BCUT2D eigenvalue weighted by atomic mass is 32.2. The molecule has 0 aliphatic carbocycles. The quantitative estimate of drug-likeness (QED) is 0.556. The first-order valence-corrected chi connectivity index (χ1v) is 5.75. The molecule has 0 spiro atoms. The molecule has 0 aromatic carbocycles. The van der Waals surface area contributed by atoms with Gasteiger partial charge in [0.2, 0.25) is 0 Å². The van der Waals surface area contributed by atoms with Crippen LogP contribution in [0.5, 0.6) is 0 Å².